The molecule has 3 amide bonds. The fraction of sp³-hybridized carbons (Fsp3) is 0.446. The van der Waals surface area contributed by atoms with Crippen LogP contribution in [0.4, 0.5) is 44.3 Å². The normalized spacial score (nSPS) is 19.0. The van der Waals surface area contributed by atoms with Crippen molar-refractivity contribution in [3.63, 3.8) is 0 Å². The number of amides is 3. The van der Waals surface area contributed by atoms with Crippen LogP contribution in [0.25, 0.3) is 18.2 Å². The van der Waals surface area contributed by atoms with Gasteiger partial charge in [0.2, 0.25) is 11.8 Å². The Morgan fingerprint density at radius 3 is 0.933 bits per heavy atom. The van der Waals surface area contributed by atoms with Gasteiger partial charge >= 0.3 is 73.3 Å². The van der Waals surface area contributed by atoms with Crippen molar-refractivity contribution in [1.29, 1.82) is 0 Å². The van der Waals surface area contributed by atoms with E-state index in [0.29, 0.717) is 110 Å². The van der Waals surface area contributed by atoms with Gasteiger partial charge in [0, 0.05) is 91.6 Å². The predicted molar refractivity (Wildman–Crippen MR) is 504 cm³/mol. The number of carboxylic acids is 2. The van der Waals surface area contributed by atoms with Crippen LogP contribution in [0.3, 0.4) is 0 Å². The van der Waals surface area contributed by atoms with Crippen LogP contribution in [0.15, 0.2) is 182 Å². The van der Waals surface area contributed by atoms with Gasteiger partial charge in [0.15, 0.2) is 0 Å². The van der Waals surface area contributed by atoms with Crippen LogP contribution in [0.1, 0.15) is 246 Å². The fourth-order valence-corrected chi connectivity index (χ4v) is 23.8. The third kappa shape index (κ3) is 27.8. The summed E-state index contributed by atoms with van der Waals surface area (Å²) in [4.78, 5) is 101. The molecule has 15 rings (SSSR count). The number of aliphatic carboxylic acids is 2. The molecule has 4 fully saturated rings. The van der Waals surface area contributed by atoms with E-state index in [1.165, 1.54) is 111 Å². The zero-order chi connectivity index (χ0) is 95.9. The third-order valence-corrected chi connectivity index (χ3v) is 28.8. The Bertz CT molecular complexity index is 5420. The molecule has 4 atom stereocenters. The molecule has 8 aliphatic rings. The second-order valence-electron chi connectivity index (χ2n) is 35.6. The quantitative estimate of drug-likeness (QED) is 0.0251. The summed E-state index contributed by atoms with van der Waals surface area (Å²) in [7, 11) is 0. The van der Waals surface area contributed by atoms with Crippen LogP contribution >= 0.6 is 63.7 Å². The number of carbonyl (C=O) groups excluding carboxylic acids is 6. The molecule has 4 aliphatic carbocycles. The van der Waals surface area contributed by atoms with Crippen molar-refractivity contribution in [3.8, 4) is 0 Å². The summed E-state index contributed by atoms with van der Waals surface area (Å²) >= 11 is 14.8. The minimum atomic E-state index is -4.49. The zero-order valence-corrected chi connectivity index (χ0v) is 82.6. The van der Waals surface area contributed by atoms with Gasteiger partial charge < -0.3 is 60.1 Å². The van der Waals surface area contributed by atoms with Crippen molar-refractivity contribution in [2.45, 2.75) is 214 Å². The number of nitrogens with zero attached hydrogens (tertiary/aromatic N) is 3. The van der Waals surface area contributed by atoms with Crippen molar-refractivity contribution in [1.82, 2.24) is 20.0 Å². The number of hydrogen-bond acceptors (Lipinski definition) is 14. The number of carboxylic acid groups (broad SMARTS) is 2. The summed E-state index contributed by atoms with van der Waals surface area (Å²) in [6, 6.07) is 39.7. The molecule has 0 bridgehead atoms. The molecular formula is C101H112Br4F9LiN4O16. The van der Waals surface area contributed by atoms with Gasteiger partial charge in [-0.25, -0.2) is 9.59 Å². The maximum absolute atomic E-state index is 13.2. The average molecular weight is 2140 g/mol. The smallest absolute Gasteiger partial charge is 0.870 e. The Morgan fingerprint density at radius 2 is 0.667 bits per heavy atom. The Kier molecular flexibility index (Phi) is 39.7. The first kappa shape index (κ1) is 111. The molecule has 4 saturated heterocycles. The van der Waals surface area contributed by atoms with Crippen molar-refractivity contribution in [3.05, 3.63) is 260 Å². The summed E-state index contributed by atoms with van der Waals surface area (Å²) in [6.45, 7) is 17.8. The Hall–Kier alpha value is -8.91. The minimum Gasteiger partial charge on any atom is -0.870 e. The van der Waals surface area contributed by atoms with Gasteiger partial charge in [-0.05, 0) is 283 Å². The minimum absolute atomic E-state index is 0. The number of benzene rings is 7. The first-order valence-corrected chi connectivity index (χ1v) is 47.5. The van der Waals surface area contributed by atoms with Crippen LogP contribution in [-0.2, 0) is 92.7 Å². The van der Waals surface area contributed by atoms with Crippen LogP contribution < -0.4 is 24.2 Å². The number of rotatable bonds is 17. The molecule has 135 heavy (non-hydrogen) atoms. The second kappa shape index (κ2) is 48.1. The number of piperidine rings is 4. The van der Waals surface area contributed by atoms with Crippen molar-refractivity contribution in [2.75, 3.05) is 72.2 Å². The van der Waals surface area contributed by atoms with Crippen LogP contribution in [0, 0.1) is 0 Å². The van der Waals surface area contributed by atoms with Crippen molar-refractivity contribution >= 4 is 130 Å². The van der Waals surface area contributed by atoms with E-state index in [9.17, 15) is 83.0 Å². The van der Waals surface area contributed by atoms with E-state index in [2.05, 4.69) is 105 Å². The monoisotopic (exact) mass is 2130 g/mol. The van der Waals surface area contributed by atoms with E-state index in [-0.39, 0.29) is 128 Å². The summed E-state index contributed by atoms with van der Waals surface area (Å²) < 4.78 is 142. The molecule has 4 heterocycles. The first-order chi connectivity index (χ1) is 62.5. The van der Waals surface area contributed by atoms with Crippen LogP contribution in [0.2, 0.25) is 0 Å². The summed E-state index contributed by atoms with van der Waals surface area (Å²) in [5, 5.41) is 21.1. The van der Waals surface area contributed by atoms with Crippen LogP contribution in [0.5, 0.6) is 0 Å². The summed E-state index contributed by atoms with van der Waals surface area (Å²) in [6.07, 6.45) is 4.49. The molecule has 7 aromatic rings. The molecule has 4 unspecified atom stereocenters. The van der Waals surface area contributed by atoms with E-state index in [4.69, 9.17) is 24.1 Å². The number of esters is 3. The Balaban J connectivity index is 0.000000211. The van der Waals surface area contributed by atoms with Gasteiger partial charge in [0.1, 0.15) is 5.60 Å². The maximum Gasteiger partial charge on any atom is 1.00 e. The molecule has 0 aromatic heterocycles. The number of fused-ring (bicyclic) bond motifs is 8. The standard InChI is InChI=1S/C27H27BrF3NO3.C25H23BrF3NO3.C22H30BrNO4.C17H22BrNO2.C10H7F3O2.Li.2H2O/c1-2-35-24(34)16-19-17-26(25-20(19)7-5-9-22(25)28)12-14-32(15-13-26)23(33)11-10-18-6-3-4-8-21(18)27(29,30)31;26-20-7-3-5-18-17(14-22(32)33)15-24(23(18)20)10-12-30(13-11-24)21(31)9-8-16-4-1-2-6-19(16)25(27,28)29;1-5-27-18(25)13-15-14-22(19-16(15)7-6-8-17(19)23)9-11-24(12-10-22)20(26)28-21(2,3)4;1-2-21-15(20)10-12-11-17(6-8-19-9-7-17)16-13(12)4-3-5-14(16)18;11-10(12,13)8-4-2-1-3-7(8)5-6-9(14)15;;;/h3-11,19H,2,12-17H2,1H3;1-9,17H,10-15H2,(H,32,33);6-8,15H,5,9-14H2,1-4H3;3-5,12,19H,2,6-11H2,1H3;1-6H,(H,14,15);;2*1H2/q;;;;;+1;;/p-1/b11-10+;9-8+;;;6-5+;;;. The van der Waals surface area contributed by atoms with Crippen molar-refractivity contribution < 1.29 is 137 Å². The Labute approximate surface area is 826 Å². The average Bonchev–Trinajstić information content (AvgIpc) is 1.59. The predicted octanol–water partition coefficient (Wildman–Crippen LogP) is 20.0. The van der Waals surface area contributed by atoms with E-state index in [1.807, 2.05) is 75.9 Å². The SMILES string of the molecule is CCOC(=O)CC1CC2(CCN(C(=O)/C=C/c3ccccc3C(F)(F)F)CC2)c2c(Br)cccc21.CCOC(=O)CC1CC2(CCN(C(=O)OC(C)(C)C)CC2)c2c(Br)cccc21.CCOC(=O)CC1CC2(CCNCC2)c2c(Br)cccc21.O.O=C(O)/C=C/c1ccccc1C(F)(F)F.O=C(O)CC1CC2(CCN(C(=O)/C=C/c3ccccc3C(F)(F)F)CC2)c2c(Br)cccc21.[Li+].[OH-]. The van der Waals surface area contributed by atoms with E-state index in [0.717, 1.165) is 125 Å². The summed E-state index contributed by atoms with van der Waals surface area (Å²) in [5.41, 5.74) is 6.65. The second-order valence-corrected chi connectivity index (χ2v) is 39.0. The van der Waals surface area contributed by atoms with E-state index < -0.39 is 52.8 Å². The van der Waals surface area contributed by atoms with Gasteiger partial charge in [-0.15, -0.1) is 0 Å². The molecule has 7 aromatic carbocycles. The molecule has 4 aliphatic heterocycles. The summed E-state index contributed by atoms with van der Waals surface area (Å²) in [5.74, 6) is -2.71. The number of nitrogens with one attached hydrogen (secondary N) is 1. The topological polar surface area (TPSA) is 297 Å². The number of likely N-dealkylation sites (tertiary alicyclic amines) is 3. The fourth-order valence-electron chi connectivity index (χ4n) is 20.6. The molecule has 4 spiro atoms. The number of carbonyl (C=O) groups is 8. The van der Waals surface area contributed by atoms with Gasteiger partial charge in [0.05, 0.1) is 62.2 Å². The van der Waals surface area contributed by atoms with Crippen molar-refractivity contribution in [2.24, 2.45) is 0 Å². The molecule has 6 N–H and O–H groups in total. The molecule has 20 nitrogen and oxygen atoms in total. The molecule has 34 heteroatoms. The zero-order valence-electron chi connectivity index (χ0n) is 76.2. The van der Waals surface area contributed by atoms with Gasteiger partial charge in [-0.1, -0.05) is 167 Å². The maximum atomic E-state index is 13.2. The molecular weight excluding hydrogens is 2020 g/mol. The number of alkyl halides is 9. The van der Waals surface area contributed by atoms with Gasteiger partial charge in [-0.3, -0.25) is 28.8 Å². The largest absolute Gasteiger partial charge is 1.00 e. The van der Waals surface area contributed by atoms with Gasteiger partial charge in [0.25, 0.3) is 0 Å². The van der Waals surface area contributed by atoms with Gasteiger partial charge in [-0.2, -0.15) is 39.5 Å². The third-order valence-electron chi connectivity index (χ3n) is 26.2. The molecule has 0 saturated carbocycles. The Morgan fingerprint density at radius 1 is 0.400 bits per heavy atom. The molecule has 0 radical (unpaired) electrons. The number of ether oxygens (including phenoxy) is 4. The number of hydrogen-bond donors (Lipinski definition) is 3. The first-order valence-electron chi connectivity index (χ1n) is 44.3. The van der Waals surface area contributed by atoms with E-state index >= 15 is 0 Å². The molecule has 724 valence electrons. The number of halogens is 13. The van der Waals surface area contributed by atoms with E-state index in [1.54, 1.807) is 16.7 Å². The van der Waals surface area contributed by atoms with Crippen LogP contribution in [-0.4, -0.2) is 161 Å².